The van der Waals surface area contributed by atoms with Gasteiger partial charge >= 0.3 is 0 Å². The molecule has 1 aromatic heterocycles. The van der Waals surface area contributed by atoms with Crippen LogP contribution in [0.4, 0.5) is 10.1 Å². The van der Waals surface area contributed by atoms with Crippen molar-refractivity contribution < 1.29 is 17.6 Å². The number of nitrogens with one attached hydrogen (secondary N) is 1. The van der Waals surface area contributed by atoms with Crippen LogP contribution in [0.1, 0.15) is 12.0 Å². The number of para-hydroxylation sites is 1. The summed E-state index contributed by atoms with van der Waals surface area (Å²) in [4.78, 5) is 12.1. The smallest absolute Gasteiger partial charge is 0.224 e. The van der Waals surface area contributed by atoms with E-state index in [1.165, 1.54) is 0 Å². The predicted molar refractivity (Wildman–Crippen MR) is 100 cm³/mol. The van der Waals surface area contributed by atoms with Crippen LogP contribution in [0.2, 0.25) is 0 Å². The molecular formula is C19H18FN3O3S. The van der Waals surface area contributed by atoms with Gasteiger partial charge in [-0.3, -0.25) is 4.79 Å². The number of benzene rings is 2. The van der Waals surface area contributed by atoms with E-state index in [-0.39, 0.29) is 17.0 Å². The van der Waals surface area contributed by atoms with Crippen molar-refractivity contribution in [3.8, 4) is 5.69 Å². The fraction of sp³-hybridized carbons (Fsp3) is 0.158. The second-order valence-corrected chi connectivity index (χ2v) is 8.11. The van der Waals surface area contributed by atoms with Crippen molar-refractivity contribution in [2.45, 2.75) is 17.7 Å². The first kappa shape index (κ1) is 18.8. The van der Waals surface area contributed by atoms with E-state index in [0.29, 0.717) is 6.42 Å². The van der Waals surface area contributed by atoms with Crippen molar-refractivity contribution in [2.24, 2.45) is 0 Å². The standard InChI is InChI=1S/C19H18FN3O3S/c1-27(25,26)16-8-9-17(20)18(11-16)22-19(24)10-7-14-12-21-23(13-14)15-5-3-2-4-6-15/h2-6,8-9,11-13H,7,10H2,1H3,(H,22,24). The highest BCUT2D eigenvalue weighted by Gasteiger charge is 2.13. The molecule has 0 aliphatic heterocycles. The summed E-state index contributed by atoms with van der Waals surface area (Å²) in [5.74, 6) is -1.10. The Morgan fingerprint density at radius 1 is 1.19 bits per heavy atom. The van der Waals surface area contributed by atoms with Gasteiger partial charge in [-0.1, -0.05) is 18.2 Å². The lowest BCUT2D eigenvalue weighted by atomic mass is 10.2. The number of nitrogens with zero attached hydrogens (tertiary/aromatic N) is 2. The lowest BCUT2D eigenvalue weighted by Crippen LogP contribution is -2.14. The number of halogens is 1. The number of sulfone groups is 1. The Hall–Kier alpha value is -3.00. The van der Waals surface area contributed by atoms with Crippen LogP contribution in [-0.2, 0) is 21.1 Å². The van der Waals surface area contributed by atoms with Gasteiger partial charge in [-0.2, -0.15) is 5.10 Å². The maximum absolute atomic E-state index is 13.8. The summed E-state index contributed by atoms with van der Waals surface area (Å²) in [5.41, 5.74) is 1.62. The lowest BCUT2D eigenvalue weighted by molar-refractivity contribution is -0.116. The molecule has 2 aromatic carbocycles. The van der Waals surface area contributed by atoms with E-state index in [0.717, 1.165) is 35.7 Å². The van der Waals surface area contributed by atoms with E-state index in [1.54, 1.807) is 10.9 Å². The zero-order valence-corrected chi connectivity index (χ0v) is 15.4. The summed E-state index contributed by atoms with van der Waals surface area (Å²) in [7, 11) is -3.49. The van der Waals surface area contributed by atoms with Gasteiger partial charge in [0.15, 0.2) is 9.84 Å². The van der Waals surface area contributed by atoms with Gasteiger partial charge in [0.25, 0.3) is 0 Å². The van der Waals surface area contributed by atoms with Crippen LogP contribution in [0.5, 0.6) is 0 Å². The summed E-state index contributed by atoms with van der Waals surface area (Å²) in [6.07, 6.45) is 5.06. The Morgan fingerprint density at radius 2 is 1.93 bits per heavy atom. The van der Waals surface area contributed by atoms with Crippen molar-refractivity contribution in [3.63, 3.8) is 0 Å². The molecule has 0 aliphatic carbocycles. The van der Waals surface area contributed by atoms with Gasteiger partial charge in [0.05, 0.1) is 22.5 Å². The SMILES string of the molecule is CS(=O)(=O)c1ccc(F)c(NC(=O)CCc2cnn(-c3ccccc3)c2)c1. The van der Waals surface area contributed by atoms with Crippen LogP contribution >= 0.6 is 0 Å². The molecule has 3 rings (SSSR count). The fourth-order valence-corrected chi connectivity index (χ4v) is 3.16. The highest BCUT2D eigenvalue weighted by molar-refractivity contribution is 7.90. The zero-order valence-electron chi connectivity index (χ0n) is 14.6. The number of hydrogen-bond acceptors (Lipinski definition) is 4. The highest BCUT2D eigenvalue weighted by atomic mass is 32.2. The first-order valence-corrected chi connectivity index (χ1v) is 10.1. The fourth-order valence-electron chi connectivity index (χ4n) is 2.51. The zero-order chi connectivity index (χ0) is 19.4. The molecular weight excluding hydrogens is 369 g/mol. The maximum Gasteiger partial charge on any atom is 0.224 e. The van der Waals surface area contributed by atoms with E-state index in [4.69, 9.17) is 0 Å². The maximum atomic E-state index is 13.8. The Kier molecular flexibility index (Phi) is 5.36. The van der Waals surface area contributed by atoms with Crippen LogP contribution in [0.3, 0.4) is 0 Å². The molecule has 0 atom stereocenters. The van der Waals surface area contributed by atoms with Gasteiger partial charge < -0.3 is 5.32 Å². The molecule has 0 fully saturated rings. The molecule has 0 saturated heterocycles. The summed E-state index contributed by atoms with van der Waals surface area (Å²) < 4.78 is 38.7. The summed E-state index contributed by atoms with van der Waals surface area (Å²) in [6, 6.07) is 12.9. The van der Waals surface area contributed by atoms with Gasteiger partial charge in [-0.05, 0) is 42.3 Å². The largest absolute Gasteiger partial charge is 0.324 e. The van der Waals surface area contributed by atoms with E-state index in [1.807, 2.05) is 36.5 Å². The third-order valence-corrected chi connectivity index (χ3v) is 5.05. The average Bonchev–Trinajstić information content (AvgIpc) is 3.11. The third kappa shape index (κ3) is 4.79. The normalized spacial score (nSPS) is 11.3. The van der Waals surface area contributed by atoms with Crippen LogP contribution < -0.4 is 5.32 Å². The quantitative estimate of drug-likeness (QED) is 0.660. The first-order valence-electron chi connectivity index (χ1n) is 8.21. The number of aryl methyl sites for hydroxylation is 1. The van der Waals surface area contributed by atoms with Crippen molar-refractivity contribution >= 4 is 21.4 Å². The third-order valence-electron chi connectivity index (χ3n) is 3.94. The van der Waals surface area contributed by atoms with Gasteiger partial charge in [-0.15, -0.1) is 0 Å². The van der Waals surface area contributed by atoms with Crippen molar-refractivity contribution in [2.75, 3.05) is 11.6 Å². The molecule has 0 spiro atoms. The molecule has 1 N–H and O–H groups in total. The molecule has 0 aliphatic rings. The van der Waals surface area contributed by atoms with Crippen LogP contribution in [-0.4, -0.2) is 30.4 Å². The van der Waals surface area contributed by atoms with E-state index in [9.17, 15) is 17.6 Å². The summed E-state index contributed by atoms with van der Waals surface area (Å²) in [6.45, 7) is 0. The number of carbonyl (C=O) groups is 1. The predicted octanol–water partition coefficient (Wildman–Crippen LogP) is 2.99. The minimum absolute atomic E-state index is 0.0525. The van der Waals surface area contributed by atoms with E-state index >= 15 is 0 Å². The highest BCUT2D eigenvalue weighted by Crippen LogP contribution is 2.20. The Bertz CT molecular complexity index is 1060. The number of carbonyl (C=O) groups excluding carboxylic acids is 1. The topological polar surface area (TPSA) is 81.1 Å². The number of aromatic nitrogens is 2. The van der Waals surface area contributed by atoms with Crippen molar-refractivity contribution in [1.82, 2.24) is 9.78 Å². The van der Waals surface area contributed by atoms with Gasteiger partial charge in [0.1, 0.15) is 5.82 Å². The summed E-state index contributed by atoms with van der Waals surface area (Å²) in [5, 5.41) is 6.69. The van der Waals surface area contributed by atoms with Gasteiger partial charge in [0, 0.05) is 18.9 Å². The van der Waals surface area contributed by atoms with Crippen molar-refractivity contribution in [1.29, 1.82) is 0 Å². The molecule has 6 nitrogen and oxygen atoms in total. The van der Waals surface area contributed by atoms with Gasteiger partial charge in [0.2, 0.25) is 5.91 Å². The van der Waals surface area contributed by atoms with Crippen molar-refractivity contribution in [3.05, 3.63) is 72.3 Å². The van der Waals surface area contributed by atoms with Crippen LogP contribution in [0, 0.1) is 5.82 Å². The molecule has 1 amide bonds. The molecule has 0 bridgehead atoms. The molecule has 0 radical (unpaired) electrons. The second kappa shape index (κ2) is 7.71. The summed E-state index contributed by atoms with van der Waals surface area (Å²) >= 11 is 0. The molecule has 140 valence electrons. The molecule has 3 aromatic rings. The van der Waals surface area contributed by atoms with Crippen LogP contribution in [0.25, 0.3) is 5.69 Å². The van der Waals surface area contributed by atoms with Crippen LogP contribution in [0.15, 0.2) is 65.8 Å². The van der Waals surface area contributed by atoms with E-state index < -0.39 is 21.6 Å². The first-order chi connectivity index (χ1) is 12.8. The average molecular weight is 387 g/mol. The minimum atomic E-state index is -3.49. The number of rotatable bonds is 6. The monoisotopic (exact) mass is 387 g/mol. The molecule has 27 heavy (non-hydrogen) atoms. The number of amides is 1. The molecule has 8 heteroatoms. The second-order valence-electron chi connectivity index (χ2n) is 6.09. The van der Waals surface area contributed by atoms with E-state index in [2.05, 4.69) is 10.4 Å². The lowest BCUT2D eigenvalue weighted by Gasteiger charge is -2.08. The Balaban J connectivity index is 1.63. The minimum Gasteiger partial charge on any atom is -0.324 e. The Morgan fingerprint density at radius 3 is 2.63 bits per heavy atom. The molecule has 1 heterocycles. The van der Waals surface area contributed by atoms with Gasteiger partial charge in [-0.25, -0.2) is 17.5 Å². The Labute approximate surface area is 156 Å². The number of anilines is 1. The molecule has 0 unspecified atom stereocenters. The number of hydrogen-bond donors (Lipinski definition) is 1. The molecule has 0 saturated carbocycles.